The lowest BCUT2D eigenvalue weighted by atomic mass is 9.67. The summed E-state index contributed by atoms with van der Waals surface area (Å²) in [6, 6.07) is 1.53. The van der Waals surface area contributed by atoms with Crippen molar-refractivity contribution in [1.29, 1.82) is 0 Å². The molecule has 14 heavy (non-hydrogen) atoms. The van der Waals surface area contributed by atoms with Gasteiger partial charge < -0.3 is 0 Å². The SMILES string of the molecule is CCC1(Cn2cnccc2=O)CCC1. The van der Waals surface area contributed by atoms with Crippen LogP contribution in [0.2, 0.25) is 0 Å². The van der Waals surface area contributed by atoms with Crippen LogP contribution in [0, 0.1) is 5.41 Å². The van der Waals surface area contributed by atoms with Gasteiger partial charge in [-0.2, -0.15) is 0 Å². The number of hydrogen-bond acceptors (Lipinski definition) is 2. The van der Waals surface area contributed by atoms with Crippen molar-refractivity contribution in [3.05, 3.63) is 28.9 Å². The van der Waals surface area contributed by atoms with Crippen molar-refractivity contribution < 1.29 is 0 Å². The summed E-state index contributed by atoms with van der Waals surface area (Å²) in [6.45, 7) is 3.05. The molecule has 0 spiro atoms. The van der Waals surface area contributed by atoms with Crippen molar-refractivity contribution in [2.45, 2.75) is 39.2 Å². The lowest BCUT2D eigenvalue weighted by Crippen LogP contribution is -2.36. The third-order valence-corrected chi connectivity index (χ3v) is 3.46. The van der Waals surface area contributed by atoms with E-state index in [-0.39, 0.29) is 5.56 Å². The second kappa shape index (κ2) is 3.56. The fraction of sp³-hybridized carbons (Fsp3) is 0.636. The van der Waals surface area contributed by atoms with E-state index in [9.17, 15) is 4.79 Å². The zero-order chi connectivity index (χ0) is 10.0. The van der Waals surface area contributed by atoms with Gasteiger partial charge in [-0.15, -0.1) is 0 Å². The van der Waals surface area contributed by atoms with E-state index in [1.54, 1.807) is 17.1 Å². The molecule has 0 amide bonds. The first kappa shape index (κ1) is 9.44. The molecule has 2 rings (SSSR count). The molecule has 0 aliphatic heterocycles. The van der Waals surface area contributed by atoms with Crippen LogP contribution in [-0.4, -0.2) is 9.55 Å². The summed E-state index contributed by atoms with van der Waals surface area (Å²) in [5, 5.41) is 0. The molecule has 1 aromatic rings. The first-order valence-electron chi connectivity index (χ1n) is 5.26. The van der Waals surface area contributed by atoms with Crippen LogP contribution in [0.3, 0.4) is 0 Å². The van der Waals surface area contributed by atoms with Gasteiger partial charge in [-0.3, -0.25) is 9.36 Å². The average Bonchev–Trinajstić information content (AvgIpc) is 2.14. The van der Waals surface area contributed by atoms with Crippen molar-refractivity contribution in [1.82, 2.24) is 9.55 Å². The Morgan fingerprint density at radius 3 is 2.86 bits per heavy atom. The Hall–Kier alpha value is -1.12. The van der Waals surface area contributed by atoms with Gasteiger partial charge in [-0.25, -0.2) is 4.98 Å². The van der Waals surface area contributed by atoms with Crippen molar-refractivity contribution in [3.8, 4) is 0 Å². The molecule has 0 aromatic carbocycles. The van der Waals surface area contributed by atoms with Crippen LogP contribution in [0.15, 0.2) is 23.4 Å². The highest BCUT2D eigenvalue weighted by Gasteiger charge is 2.35. The minimum absolute atomic E-state index is 0.0692. The molecule has 3 heteroatoms. The van der Waals surface area contributed by atoms with Gasteiger partial charge in [0.25, 0.3) is 5.56 Å². The summed E-state index contributed by atoms with van der Waals surface area (Å²) in [5.74, 6) is 0. The Labute approximate surface area is 83.8 Å². The van der Waals surface area contributed by atoms with E-state index in [4.69, 9.17) is 0 Å². The Balaban J connectivity index is 2.18. The second-order valence-corrected chi connectivity index (χ2v) is 4.25. The third kappa shape index (κ3) is 1.59. The van der Waals surface area contributed by atoms with Gasteiger partial charge in [0.1, 0.15) is 0 Å². The van der Waals surface area contributed by atoms with Gasteiger partial charge in [0.05, 0.1) is 6.33 Å². The Morgan fingerprint density at radius 1 is 1.57 bits per heavy atom. The molecule has 0 radical (unpaired) electrons. The molecular formula is C11H16N2O. The van der Waals surface area contributed by atoms with E-state index >= 15 is 0 Å². The molecule has 0 saturated heterocycles. The standard InChI is InChI=1S/C11H16N2O/c1-2-11(5-3-6-11)8-13-9-12-7-4-10(13)14/h4,7,9H,2-3,5-6,8H2,1H3. The lowest BCUT2D eigenvalue weighted by molar-refractivity contribution is 0.0983. The van der Waals surface area contributed by atoms with Crippen LogP contribution in [0.25, 0.3) is 0 Å². The first-order chi connectivity index (χ1) is 6.76. The molecule has 0 atom stereocenters. The minimum Gasteiger partial charge on any atom is -0.299 e. The van der Waals surface area contributed by atoms with Crippen LogP contribution in [0.1, 0.15) is 32.6 Å². The highest BCUT2D eigenvalue weighted by molar-refractivity contribution is 4.90. The molecule has 76 valence electrons. The summed E-state index contributed by atoms with van der Waals surface area (Å²) in [7, 11) is 0. The molecule has 1 saturated carbocycles. The van der Waals surface area contributed by atoms with Crippen molar-refractivity contribution in [3.63, 3.8) is 0 Å². The van der Waals surface area contributed by atoms with E-state index in [0.29, 0.717) is 5.41 Å². The van der Waals surface area contributed by atoms with E-state index < -0.39 is 0 Å². The molecule has 1 heterocycles. The fourth-order valence-electron chi connectivity index (χ4n) is 2.16. The van der Waals surface area contributed by atoms with E-state index in [0.717, 1.165) is 13.0 Å². The van der Waals surface area contributed by atoms with Gasteiger partial charge in [-0.05, 0) is 24.7 Å². The van der Waals surface area contributed by atoms with Crippen LogP contribution < -0.4 is 5.56 Å². The largest absolute Gasteiger partial charge is 0.299 e. The molecule has 1 aliphatic rings. The highest BCUT2D eigenvalue weighted by Crippen LogP contribution is 2.44. The Kier molecular flexibility index (Phi) is 2.40. The van der Waals surface area contributed by atoms with E-state index in [2.05, 4.69) is 11.9 Å². The third-order valence-electron chi connectivity index (χ3n) is 3.46. The fourth-order valence-corrected chi connectivity index (χ4v) is 2.16. The van der Waals surface area contributed by atoms with Gasteiger partial charge in [0.15, 0.2) is 0 Å². The molecule has 0 unspecified atom stereocenters. The lowest BCUT2D eigenvalue weighted by Gasteiger charge is -2.41. The average molecular weight is 192 g/mol. The minimum atomic E-state index is 0.0692. The predicted octanol–water partition coefficient (Wildman–Crippen LogP) is 1.82. The van der Waals surface area contributed by atoms with Crippen LogP contribution in [-0.2, 0) is 6.54 Å². The monoisotopic (exact) mass is 192 g/mol. The maximum Gasteiger partial charge on any atom is 0.253 e. The highest BCUT2D eigenvalue weighted by atomic mass is 16.1. The number of aromatic nitrogens is 2. The van der Waals surface area contributed by atoms with E-state index in [1.807, 2.05) is 0 Å². The summed E-state index contributed by atoms with van der Waals surface area (Å²) in [6.07, 6.45) is 8.18. The van der Waals surface area contributed by atoms with Crippen LogP contribution in [0.5, 0.6) is 0 Å². The normalized spacial score (nSPS) is 18.9. The molecule has 1 fully saturated rings. The Bertz CT molecular complexity index is 360. The smallest absolute Gasteiger partial charge is 0.253 e. The van der Waals surface area contributed by atoms with Gasteiger partial charge in [0.2, 0.25) is 0 Å². The summed E-state index contributed by atoms with van der Waals surface area (Å²) < 4.78 is 1.74. The quantitative estimate of drug-likeness (QED) is 0.732. The molecular weight excluding hydrogens is 176 g/mol. The molecule has 1 aromatic heterocycles. The number of nitrogens with zero attached hydrogens (tertiary/aromatic N) is 2. The molecule has 1 aliphatic carbocycles. The maximum atomic E-state index is 11.5. The van der Waals surface area contributed by atoms with E-state index in [1.165, 1.54) is 25.3 Å². The second-order valence-electron chi connectivity index (χ2n) is 4.25. The topological polar surface area (TPSA) is 34.9 Å². The molecule has 3 nitrogen and oxygen atoms in total. The Morgan fingerprint density at radius 2 is 2.36 bits per heavy atom. The number of rotatable bonds is 3. The number of hydrogen-bond donors (Lipinski definition) is 0. The first-order valence-corrected chi connectivity index (χ1v) is 5.26. The van der Waals surface area contributed by atoms with Crippen molar-refractivity contribution in [2.75, 3.05) is 0 Å². The van der Waals surface area contributed by atoms with Crippen LogP contribution >= 0.6 is 0 Å². The van der Waals surface area contributed by atoms with Gasteiger partial charge in [0, 0.05) is 18.8 Å². The summed E-state index contributed by atoms with van der Waals surface area (Å²) >= 11 is 0. The summed E-state index contributed by atoms with van der Waals surface area (Å²) in [4.78, 5) is 15.5. The molecule has 0 bridgehead atoms. The maximum absolute atomic E-state index is 11.5. The summed E-state index contributed by atoms with van der Waals surface area (Å²) in [5.41, 5.74) is 0.451. The van der Waals surface area contributed by atoms with Crippen molar-refractivity contribution >= 4 is 0 Å². The zero-order valence-electron chi connectivity index (χ0n) is 8.57. The molecule has 0 N–H and O–H groups in total. The van der Waals surface area contributed by atoms with Crippen molar-refractivity contribution in [2.24, 2.45) is 5.41 Å². The van der Waals surface area contributed by atoms with Gasteiger partial charge in [-0.1, -0.05) is 13.3 Å². The van der Waals surface area contributed by atoms with Crippen LogP contribution in [0.4, 0.5) is 0 Å². The van der Waals surface area contributed by atoms with Gasteiger partial charge >= 0.3 is 0 Å². The zero-order valence-corrected chi connectivity index (χ0v) is 8.57. The predicted molar refractivity (Wildman–Crippen MR) is 55.1 cm³/mol.